The van der Waals surface area contributed by atoms with Gasteiger partial charge < -0.3 is 15.5 Å². The van der Waals surface area contributed by atoms with E-state index in [2.05, 4.69) is 21.7 Å². The average Bonchev–Trinajstić information content (AvgIpc) is 2.93. The number of pyridine rings is 1. The Labute approximate surface area is 209 Å². The normalized spacial score (nSPS) is 15.4. The molecule has 1 aliphatic rings. The van der Waals surface area contributed by atoms with Gasteiger partial charge in [-0.3, -0.25) is 4.98 Å². The minimum Gasteiger partial charge on any atom is -0.412 e. The third-order valence-electron chi connectivity index (χ3n) is 6.26. The fourth-order valence-electron chi connectivity index (χ4n) is 4.15. The second-order valence-corrected chi connectivity index (χ2v) is 10.4. The minimum absolute atomic E-state index is 0.123. The molecule has 1 fully saturated rings. The highest BCUT2D eigenvalue weighted by molar-refractivity contribution is 7.89. The Morgan fingerprint density at radius 3 is 2.39 bits per heavy atom. The van der Waals surface area contributed by atoms with Crippen LogP contribution < -0.4 is 21.4 Å². The number of hydrogen-bond acceptors (Lipinski definition) is 7. The molecule has 0 atom stereocenters. The number of nitrogens with one attached hydrogen (secondary N) is 2. The van der Waals surface area contributed by atoms with Crippen molar-refractivity contribution in [2.24, 2.45) is 5.90 Å². The second-order valence-electron chi connectivity index (χ2n) is 8.43. The van der Waals surface area contributed by atoms with Crippen molar-refractivity contribution in [3.63, 3.8) is 0 Å². The van der Waals surface area contributed by atoms with Crippen LogP contribution in [0.4, 0.5) is 10.5 Å². The number of nitrogens with zero attached hydrogens (tertiary/aromatic N) is 3. The molecule has 0 unspecified atom stereocenters. The molecule has 1 saturated heterocycles. The molecule has 1 aromatic heterocycles. The highest BCUT2D eigenvalue weighted by Crippen LogP contribution is 2.37. The summed E-state index contributed by atoms with van der Waals surface area (Å²) in [6.45, 7) is 0.736. The Kier molecular flexibility index (Phi) is 7.49. The zero-order valence-corrected chi connectivity index (χ0v) is 20.2. The lowest BCUT2D eigenvalue weighted by Crippen LogP contribution is -2.44. The summed E-state index contributed by atoms with van der Waals surface area (Å²) in [5.74, 6) is 5.65. The molecule has 10 nitrogen and oxygen atoms in total. The number of carbonyl (C=O) groups excluding carboxylic acids is 1. The van der Waals surface area contributed by atoms with E-state index in [1.165, 1.54) is 16.4 Å². The number of urea groups is 1. The minimum atomic E-state index is -3.75. The van der Waals surface area contributed by atoms with E-state index in [1.807, 2.05) is 6.07 Å². The van der Waals surface area contributed by atoms with Crippen LogP contribution in [0.1, 0.15) is 24.0 Å². The van der Waals surface area contributed by atoms with Gasteiger partial charge in [-0.15, -0.1) is 0 Å². The number of nitrogens with two attached hydrogens (primary N) is 1. The van der Waals surface area contributed by atoms with Gasteiger partial charge in [0.15, 0.2) is 0 Å². The molecule has 2 aromatic carbocycles. The van der Waals surface area contributed by atoms with Gasteiger partial charge in [0, 0.05) is 37.7 Å². The van der Waals surface area contributed by atoms with Gasteiger partial charge in [-0.25, -0.2) is 13.2 Å². The maximum atomic E-state index is 13.2. The number of amides is 2. The van der Waals surface area contributed by atoms with Gasteiger partial charge in [0.2, 0.25) is 10.0 Å². The first-order valence-corrected chi connectivity index (χ1v) is 12.7. The molecule has 2 amide bonds. The van der Waals surface area contributed by atoms with Crippen LogP contribution in [0.3, 0.4) is 0 Å². The summed E-state index contributed by atoms with van der Waals surface area (Å²) in [5.41, 5.74) is 1.35. The van der Waals surface area contributed by atoms with Crippen molar-refractivity contribution in [2.75, 3.05) is 18.4 Å². The predicted octanol–water partition coefficient (Wildman–Crippen LogP) is 2.90. The van der Waals surface area contributed by atoms with Gasteiger partial charge in [0.25, 0.3) is 0 Å². The van der Waals surface area contributed by atoms with E-state index in [9.17, 15) is 18.5 Å². The number of hydrogen-bond donors (Lipinski definition) is 3. The van der Waals surface area contributed by atoms with Gasteiger partial charge >= 0.3 is 6.03 Å². The molecule has 4 N–H and O–H groups in total. The second kappa shape index (κ2) is 10.7. The lowest BCUT2D eigenvalue weighted by molar-refractivity contribution is 0.251. The van der Waals surface area contributed by atoms with Gasteiger partial charge in [-0.05, 0) is 66.4 Å². The van der Waals surface area contributed by atoms with Crippen LogP contribution in [-0.4, -0.2) is 36.8 Å². The van der Waals surface area contributed by atoms with Gasteiger partial charge in [0.1, 0.15) is 5.75 Å². The molecular formula is C25H26N6O4S. The molecule has 186 valence electrons. The highest BCUT2D eigenvalue weighted by Gasteiger charge is 2.40. The van der Waals surface area contributed by atoms with Crippen LogP contribution in [0, 0.1) is 11.3 Å². The molecule has 0 radical (unpaired) electrons. The van der Waals surface area contributed by atoms with Crippen LogP contribution in [0.2, 0.25) is 0 Å². The number of anilines is 1. The van der Waals surface area contributed by atoms with Crippen molar-refractivity contribution in [3.8, 4) is 11.8 Å². The molecule has 3 aromatic rings. The average molecular weight is 507 g/mol. The van der Waals surface area contributed by atoms with Crippen LogP contribution in [0.15, 0.2) is 78.0 Å². The van der Waals surface area contributed by atoms with Crippen LogP contribution >= 0.6 is 0 Å². The molecule has 11 heteroatoms. The highest BCUT2D eigenvalue weighted by atomic mass is 32.2. The third kappa shape index (κ3) is 5.46. The predicted molar refractivity (Wildman–Crippen MR) is 133 cm³/mol. The molecule has 0 saturated carbocycles. The zero-order chi connectivity index (χ0) is 25.6. The van der Waals surface area contributed by atoms with E-state index in [-0.39, 0.29) is 18.0 Å². The smallest absolute Gasteiger partial charge is 0.319 e. The quantitative estimate of drug-likeness (QED) is 0.417. The Bertz CT molecular complexity index is 1330. The molecular weight excluding hydrogens is 480 g/mol. The summed E-state index contributed by atoms with van der Waals surface area (Å²) in [4.78, 5) is 21.0. The Hall–Kier alpha value is -3.98. The van der Waals surface area contributed by atoms with Crippen LogP contribution in [0.25, 0.3) is 0 Å². The van der Waals surface area contributed by atoms with Gasteiger partial charge in [-0.2, -0.15) is 15.5 Å². The Balaban J connectivity index is 1.37. The number of nitriles is 1. The fraction of sp³-hybridized carbons (Fsp3) is 0.240. The molecule has 1 aliphatic heterocycles. The van der Waals surface area contributed by atoms with E-state index in [0.717, 1.165) is 11.1 Å². The number of piperidine rings is 1. The topological polar surface area (TPSA) is 150 Å². The summed E-state index contributed by atoms with van der Waals surface area (Å²) in [6, 6.07) is 18.6. The number of carbonyl (C=O) groups is 1. The standard InChI is InChI=1S/C25H26N6O4S/c26-18-25(20-3-7-22(35-27)8-4-20)11-14-31(15-12-25)36(33,34)23-9-5-21(6-10-23)30-24(32)29-17-19-2-1-13-28-16-19/h1-10,13,16H,11-12,14-15,17,27H2,(H2,29,30,32). The van der Waals surface area contributed by atoms with E-state index >= 15 is 0 Å². The molecule has 36 heavy (non-hydrogen) atoms. The van der Waals surface area contributed by atoms with Crippen molar-refractivity contribution in [2.45, 2.75) is 29.7 Å². The summed E-state index contributed by atoms with van der Waals surface area (Å²) >= 11 is 0. The van der Waals surface area contributed by atoms with Crippen LogP contribution in [-0.2, 0) is 22.0 Å². The largest absolute Gasteiger partial charge is 0.412 e. The van der Waals surface area contributed by atoms with E-state index < -0.39 is 21.5 Å². The summed E-state index contributed by atoms with van der Waals surface area (Å²) in [5, 5.41) is 15.3. The Morgan fingerprint density at radius 1 is 1.11 bits per heavy atom. The van der Waals surface area contributed by atoms with Crippen molar-refractivity contribution in [1.82, 2.24) is 14.6 Å². The van der Waals surface area contributed by atoms with Gasteiger partial charge in [0.05, 0.1) is 16.4 Å². The first kappa shape index (κ1) is 25.1. The number of sulfonamides is 1. The molecule has 2 heterocycles. The molecule has 4 rings (SSSR count). The number of aromatic nitrogens is 1. The SMILES string of the molecule is N#CC1(c2ccc(ON)cc2)CCN(S(=O)(=O)c2ccc(NC(=O)NCc3cccnc3)cc2)CC1. The molecule has 0 bridgehead atoms. The number of rotatable bonds is 7. The van der Waals surface area contributed by atoms with Crippen LogP contribution in [0.5, 0.6) is 5.75 Å². The molecule has 0 aliphatic carbocycles. The van der Waals surface area contributed by atoms with Crippen molar-refractivity contribution < 1.29 is 18.0 Å². The lowest BCUT2D eigenvalue weighted by Gasteiger charge is -2.37. The maximum absolute atomic E-state index is 13.2. The van der Waals surface area contributed by atoms with Crippen molar-refractivity contribution in [3.05, 3.63) is 84.2 Å². The summed E-state index contributed by atoms with van der Waals surface area (Å²) < 4.78 is 27.8. The van der Waals surface area contributed by atoms with Gasteiger partial charge in [-0.1, -0.05) is 18.2 Å². The molecule has 0 spiro atoms. The summed E-state index contributed by atoms with van der Waals surface area (Å²) in [7, 11) is -3.75. The van der Waals surface area contributed by atoms with E-state index in [0.29, 0.717) is 30.8 Å². The monoisotopic (exact) mass is 506 g/mol. The third-order valence-corrected chi connectivity index (χ3v) is 8.17. The first-order chi connectivity index (χ1) is 17.4. The van der Waals surface area contributed by atoms with E-state index in [4.69, 9.17) is 10.7 Å². The summed E-state index contributed by atoms with van der Waals surface area (Å²) in [6.07, 6.45) is 4.04. The van der Waals surface area contributed by atoms with Crippen molar-refractivity contribution >= 4 is 21.7 Å². The van der Waals surface area contributed by atoms with E-state index in [1.54, 1.807) is 54.9 Å². The lowest BCUT2D eigenvalue weighted by atomic mass is 9.74. The Morgan fingerprint density at radius 2 is 1.81 bits per heavy atom. The van der Waals surface area contributed by atoms with Crippen molar-refractivity contribution in [1.29, 1.82) is 5.26 Å². The zero-order valence-electron chi connectivity index (χ0n) is 19.4. The number of benzene rings is 2. The first-order valence-electron chi connectivity index (χ1n) is 11.3. The maximum Gasteiger partial charge on any atom is 0.319 e. The fourth-order valence-corrected chi connectivity index (χ4v) is 5.59.